The van der Waals surface area contributed by atoms with Crippen LogP contribution in [0.5, 0.6) is 5.88 Å². The molecular formula is C18H17BrN4O2S. The van der Waals surface area contributed by atoms with Crippen molar-refractivity contribution < 1.29 is 9.53 Å². The molecule has 1 aliphatic heterocycles. The first-order chi connectivity index (χ1) is 12.5. The maximum atomic E-state index is 12.8. The van der Waals surface area contributed by atoms with Gasteiger partial charge >= 0.3 is 0 Å². The van der Waals surface area contributed by atoms with E-state index in [1.807, 2.05) is 17.9 Å². The fourth-order valence-corrected chi connectivity index (χ4v) is 5.05. The number of thiophene rings is 1. The third-order valence-electron chi connectivity index (χ3n) is 5.21. The number of hydrogen-bond acceptors (Lipinski definition) is 6. The summed E-state index contributed by atoms with van der Waals surface area (Å²) in [5.74, 6) is 1.33. The second-order valence-corrected chi connectivity index (χ2v) is 8.82. The highest BCUT2D eigenvalue weighted by atomic mass is 79.9. The third kappa shape index (κ3) is 3.21. The van der Waals surface area contributed by atoms with Crippen molar-refractivity contribution in [2.45, 2.75) is 25.9 Å². The lowest BCUT2D eigenvalue weighted by atomic mass is 9.99. The first-order valence-electron chi connectivity index (χ1n) is 8.51. The Labute approximate surface area is 163 Å². The van der Waals surface area contributed by atoms with Gasteiger partial charge in [-0.2, -0.15) is 5.26 Å². The SMILES string of the molecule is Cc1sc(C(=O)N2C[C@@H]3CC[C@@H](Oc4ccc(Br)nn4)[C@@H]3C2)cc1C#N. The van der Waals surface area contributed by atoms with Crippen molar-refractivity contribution in [2.24, 2.45) is 11.8 Å². The summed E-state index contributed by atoms with van der Waals surface area (Å²) in [5.41, 5.74) is 0.591. The summed E-state index contributed by atoms with van der Waals surface area (Å²) in [7, 11) is 0. The standard InChI is InChI=1S/C18H17BrN4O2S/c1-10-12(7-20)6-15(26-10)18(24)23-8-11-2-3-14(13(11)9-23)25-17-5-4-16(19)21-22-17/h4-6,11,13-14H,2-3,8-9H2,1H3/t11-,13+,14+/m0/s1. The molecular weight excluding hydrogens is 416 g/mol. The van der Waals surface area contributed by atoms with Crippen molar-refractivity contribution in [2.75, 3.05) is 13.1 Å². The molecule has 26 heavy (non-hydrogen) atoms. The molecule has 1 aliphatic carbocycles. The number of likely N-dealkylation sites (tertiary alicyclic amines) is 1. The van der Waals surface area contributed by atoms with Gasteiger partial charge in [0.15, 0.2) is 0 Å². The minimum Gasteiger partial charge on any atom is -0.473 e. The Morgan fingerprint density at radius 2 is 2.23 bits per heavy atom. The molecule has 3 heterocycles. The van der Waals surface area contributed by atoms with Crippen LogP contribution in [0.1, 0.15) is 33.0 Å². The zero-order valence-corrected chi connectivity index (χ0v) is 16.6. The second kappa shape index (κ2) is 6.97. The van der Waals surface area contributed by atoms with Crippen LogP contribution in [0.25, 0.3) is 0 Å². The number of rotatable bonds is 3. The van der Waals surface area contributed by atoms with Crippen LogP contribution in [-0.4, -0.2) is 40.2 Å². The number of nitriles is 1. The van der Waals surface area contributed by atoms with Gasteiger partial charge in [0.25, 0.3) is 5.91 Å². The monoisotopic (exact) mass is 432 g/mol. The van der Waals surface area contributed by atoms with E-state index in [-0.39, 0.29) is 12.0 Å². The number of fused-ring (bicyclic) bond motifs is 1. The van der Waals surface area contributed by atoms with Crippen molar-refractivity contribution in [1.82, 2.24) is 15.1 Å². The zero-order valence-electron chi connectivity index (χ0n) is 14.2. The molecule has 2 fully saturated rings. The lowest BCUT2D eigenvalue weighted by Gasteiger charge is -2.21. The van der Waals surface area contributed by atoms with Crippen molar-refractivity contribution in [3.63, 3.8) is 0 Å². The zero-order chi connectivity index (χ0) is 18.3. The number of amides is 1. The fourth-order valence-electron chi connectivity index (χ4n) is 3.90. The minimum atomic E-state index is 0.0242. The molecule has 1 amide bonds. The van der Waals surface area contributed by atoms with Crippen LogP contribution in [-0.2, 0) is 0 Å². The average Bonchev–Trinajstić information content (AvgIpc) is 3.31. The number of aromatic nitrogens is 2. The quantitative estimate of drug-likeness (QED) is 0.742. The predicted octanol–water partition coefficient (Wildman–Crippen LogP) is 3.41. The predicted molar refractivity (Wildman–Crippen MR) is 100 cm³/mol. The molecule has 3 atom stereocenters. The van der Waals surface area contributed by atoms with Crippen molar-refractivity contribution >= 4 is 33.2 Å². The Balaban J connectivity index is 1.44. The van der Waals surface area contributed by atoms with Crippen LogP contribution in [0.3, 0.4) is 0 Å². The van der Waals surface area contributed by atoms with E-state index in [9.17, 15) is 4.79 Å². The van der Waals surface area contributed by atoms with Gasteiger partial charge < -0.3 is 9.64 Å². The van der Waals surface area contributed by atoms with E-state index < -0.39 is 0 Å². The van der Waals surface area contributed by atoms with Crippen LogP contribution in [0.2, 0.25) is 0 Å². The van der Waals surface area contributed by atoms with Crippen LogP contribution < -0.4 is 4.74 Å². The number of hydrogen-bond donors (Lipinski definition) is 0. The van der Waals surface area contributed by atoms with Gasteiger partial charge in [0.05, 0.1) is 10.4 Å². The van der Waals surface area contributed by atoms with Crippen molar-refractivity contribution in [3.8, 4) is 11.9 Å². The molecule has 0 spiro atoms. The highest BCUT2D eigenvalue weighted by molar-refractivity contribution is 9.10. The normalized spacial score (nSPS) is 24.3. The number of nitrogens with zero attached hydrogens (tertiary/aromatic N) is 4. The van der Waals surface area contributed by atoms with Gasteiger partial charge in [0.2, 0.25) is 5.88 Å². The summed E-state index contributed by atoms with van der Waals surface area (Å²) >= 11 is 4.67. The van der Waals surface area contributed by atoms with Gasteiger partial charge in [-0.25, -0.2) is 0 Å². The molecule has 0 N–H and O–H groups in total. The van der Waals surface area contributed by atoms with E-state index in [1.54, 1.807) is 12.1 Å². The lowest BCUT2D eigenvalue weighted by Crippen LogP contribution is -2.32. The summed E-state index contributed by atoms with van der Waals surface area (Å²) in [6, 6.07) is 7.47. The number of carbonyl (C=O) groups is 1. The maximum Gasteiger partial charge on any atom is 0.263 e. The minimum absolute atomic E-state index is 0.0242. The second-order valence-electron chi connectivity index (χ2n) is 6.75. The first-order valence-corrected chi connectivity index (χ1v) is 10.1. The topological polar surface area (TPSA) is 79.1 Å². The van der Waals surface area contributed by atoms with E-state index >= 15 is 0 Å². The Morgan fingerprint density at radius 3 is 2.92 bits per heavy atom. The molecule has 2 aromatic rings. The van der Waals surface area contributed by atoms with Crippen LogP contribution in [0.4, 0.5) is 0 Å². The van der Waals surface area contributed by atoms with Crippen LogP contribution in [0.15, 0.2) is 22.8 Å². The molecule has 0 aromatic carbocycles. The largest absolute Gasteiger partial charge is 0.473 e. The van der Waals surface area contributed by atoms with Crippen LogP contribution >= 0.6 is 27.3 Å². The Morgan fingerprint density at radius 1 is 1.38 bits per heavy atom. The fraction of sp³-hybridized carbons (Fsp3) is 0.444. The van der Waals surface area contributed by atoms with E-state index in [0.717, 1.165) is 24.3 Å². The molecule has 2 aliphatic rings. The molecule has 1 saturated heterocycles. The Kier molecular flexibility index (Phi) is 4.67. The highest BCUT2D eigenvalue weighted by Gasteiger charge is 2.45. The number of ether oxygens (including phenoxy) is 1. The van der Waals surface area contributed by atoms with Gasteiger partial charge in [-0.1, -0.05) is 0 Å². The highest BCUT2D eigenvalue weighted by Crippen LogP contribution is 2.40. The van der Waals surface area contributed by atoms with Gasteiger partial charge in [0, 0.05) is 30.0 Å². The van der Waals surface area contributed by atoms with Gasteiger partial charge in [0.1, 0.15) is 16.8 Å². The van der Waals surface area contributed by atoms with E-state index in [2.05, 4.69) is 32.2 Å². The number of aryl methyl sites for hydroxylation is 1. The molecule has 4 rings (SSSR count). The summed E-state index contributed by atoms with van der Waals surface area (Å²) < 4.78 is 6.72. The number of carbonyl (C=O) groups excluding carboxylic acids is 1. The van der Waals surface area contributed by atoms with Gasteiger partial charge in [-0.15, -0.1) is 21.5 Å². The smallest absolute Gasteiger partial charge is 0.263 e. The van der Waals surface area contributed by atoms with Crippen LogP contribution in [0, 0.1) is 30.1 Å². The molecule has 0 unspecified atom stereocenters. The first kappa shape index (κ1) is 17.4. The Hall–Kier alpha value is -1.98. The van der Waals surface area contributed by atoms with Gasteiger partial charge in [-0.05, 0) is 53.7 Å². The van der Waals surface area contributed by atoms with E-state index in [4.69, 9.17) is 10.00 Å². The summed E-state index contributed by atoms with van der Waals surface area (Å²) in [6.45, 7) is 3.33. The molecule has 1 saturated carbocycles. The van der Waals surface area contributed by atoms with E-state index in [1.165, 1.54) is 11.3 Å². The maximum absolute atomic E-state index is 12.8. The van der Waals surface area contributed by atoms with Crippen molar-refractivity contribution in [1.29, 1.82) is 5.26 Å². The average molecular weight is 433 g/mol. The molecule has 0 radical (unpaired) electrons. The molecule has 8 heteroatoms. The lowest BCUT2D eigenvalue weighted by molar-refractivity contribution is 0.0765. The summed E-state index contributed by atoms with van der Waals surface area (Å²) in [6.07, 6.45) is 2.09. The number of halogens is 1. The molecule has 0 bridgehead atoms. The summed E-state index contributed by atoms with van der Waals surface area (Å²) in [5, 5.41) is 17.1. The third-order valence-corrected chi connectivity index (χ3v) is 6.67. The molecule has 6 nitrogen and oxygen atoms in total. The Bertz CT molecular complexity index is 876. The van der Waals surface area contributed by atoms with Gasteiger partial charge in [-0.3, -0.25) is 4.79 Å². The molecule has 2 aromatic heterocycles. The van der Waals surface area contributed by atoms with E-state index in [0.29, 0.717) is 39.3 Å². The van der Waals surface area contributed by atoms with Crippen molar-refractivity contribution in [3.05, 3.63) is 38.1 Å². The molecule has 134 valence electrons. The summed E-state index contributed by atoms with van der Waals surface area (Å²) in [4.78, 5) is 16.3.